The minimum Gasteiger partial charge on any atom is -0.493 e. The van der Waals surface area contributed by atoms with Gasteiger partial charge in [0.05, 0.1) is 11.5 Å². The van der Waals surface area contributed by atoms with Gasteiger partial charge in [-0.2, -0.15) is 0 Å². The van der Waals surface area contributed by atoms with Gasteiger partial charge in [-0.05, 0) is 32.9 Å². The molecule has 6 heteroatoms. The Balaban J connectivity index is 2.95. The molecule has 0 aliphatic heterocycles. The molecule has 0 amide bonds. The summed E-state index contributed by atoms with van der Waals surface area (Å²) in [6.45, 7) is 7.75. The van der Waals surface area contributed by atoms with E-state index in [1.807, 2.05) is 39.0 Å². The van der Waals surface area contributed by atoms with Gasteiger partial charge in [-0.15, -0.1) is 0 Å². The van der Waals surface area contributed by atoms with Crippen LogP contribution in [-0.4, -0.2) is 17.4 Å². The van der Waals surface area contributed by atoms with E-state index in [-0.39, 0.29) is 12.3 Å². The summed E-state index contributed by atoms with van der Waals surface area (Å²) < 4.78 is 11.0. The van der Waals surface area contributed by atoms with E-state index in [0.717, 1.165) is 5.70 Å². The molecule has 0 fully saturated rings. The van der Waals surface area contributed by atoms with Crippen LogP contribution in [0.3, 0.4) is 0 Å². The maximum Gasteiger partial charge on any atom is 0.279 e. The molecular weight excluding hydrogens is 296 g/mol. The van der Waals surface area contributed by atoms with Gasteiger partial charge in [-0.3, -0.25) is 10.1 Å². The second-order valence-corrected chi connectivity index (χ2v) is 4.70. The van der Waals surface area contributed by atoms with Crippen molar-refractivity contribution in [3.05, 3.63) is 57.8 Å². The Hall–Kier alpha value is -2.63. The van der Waals surface area contributed by atoms with Gasteiger partial charge in [0.1, 0.15) is 17.9 Å². The standard InChI is InChI=1S/C17H22N2O4/c1-5-7-9-13(3)18-14(4)23-12-15-16(19(20)21)10-8-11-17(15)22-6-2/h5,7-11H,6,12H2,1-4H3/b7-5+,13-9-,18-14+. The van der Waals surface area contributed by atoms with Crippen LogP contribution in [0, 0.1) is 10.1 Å². The van der Waals surface area contributed by atoms with E-state index in [1.54, 1.807) is 19.1 Å². The molecule has 0 atom stereocenters. The zero-order valence-corrected chi connectivity index (χ0v) is 13.9. The van der Waals surface area contributed by atoms with E-state index in [0.29, 0.717) is 23.8 Å². The summed E-state index contributed by atoms with van der Waals surface area (Å²) in [5, 5.41) is 11.2. The summed E-state index contributed by atoms with van der Waals surface area (Å²) in [4.78, 5) is 15.0. The molecule has 0 bridgehead atoms. The predicted octanol–water partition coefficient (Wildman–Crippen LogP) is 4.41. The number of aliphatic imine (C=N–C) groups is 1. The Morgan fingerprint density at radius 3 is 2.74 bits per heavy atom. The van der Waals surface area contributed by atoms with Crippen molar-refractivity contribution in [2.24, 2.45) is 4.99 Å². The molecule has 0 N–H and O–H groups in total. The van der Waals surface area contributed by atoms with Crippen molar-refractivity contribution in [1.29, 1.82) is 0 Å². The number of rotatable bonds is 7. The Kier molecular flexibility index (Phi) is 7.53. The van der Waals surface area contributed by atoms with Crippen LogP contribution in [0.4, 0.5) is 5.69 Å². The van der Waals surface area contributed by atoms with Crippen LogP contribution >= 0.6 is 0 Å². The number of ether oxygens (including phenoxy) is 2. The van der Waals surface area contributed by atoms with Crippen LogP contribution < -0.4 is 4.74 Å². The molecule has 0 aliphatic carbocycles. The summed E-state index contributed by atoms with van der Waals surface area (Å²) in [6.07, 6.45) is 5.63. The zero-order chi connectivity index (χ0) is 17.2. The SMILES string of the molecule is C/C=C/C=C(C)\N=C(/C)OCc1c(OCC)cccc1[N+](=O)[O-]. The maximum atomic E-state index is 11.2. The van der Waals surface area contributed by atoms with E-state index in [2.05, 4.69) is 4.99 Å². The lowest BCUT2D eigenvalue weighted by atomic mass is 10.1. The molecule has 124 valence electrons. The molecule has 0 spiro atoms. The van der Waals surface area contributed by atoms with Gasteiger partial charge in [-0.1, -0.05) is 18.2 Å². The molecule has 0 heterocycles. The molecule has 0 unspecified atom stereocenters. The first-order valence-corrected chi connectivity index (χ1v) is 7.36. The predicted molar refractivity (Wildman–Crippen MR) is 90.7 cm³/mol. The monoisotopic (exact) mass is 318 g/mol. The first kappa shape index (κ1) is 18.4. The first-order valence-electron chi connectivity index (χ1n) is 7.36. The van der Waals surface area contributed by atoms with Crippen LogP contribution in [-0.2, 0) is 11.3 Å². The van der Waals surface area contributed by atoms with Crippen molar-refractivity contribution in [1.82, 2.24) is 0 Å². The molecular formula is C17H22N2O4. The van der Waals surface area contributed by atoms with E-state index in [9.17, 15) is 10.1 Å². The Morgan fingerprint density at radius 2 is 2.13 bits per heavy atom. The van der Waals surface area contributed by atoms with Crippen LogP contribution in [0.1, 0.15) is 33.3 Å². The van der Waals surface area contributed by atoms with Gasteiger partial charge < -0.3 is 9.47 Å². The number of allylic oxidation sites excluding steroid dienone is 4. The van der Waals surface area contributed by atoms with Crippen LogP contribution in [0.5, 0.6) is 5.75 Å². The van der Waals surface area contributed by atoms with E-state index >= 15 is 0 Å². The molecule has 0 saturated heterocycles. The topological polar surface area (TPSA) is 74.0 Å². The normalized spacial score (nSPS) is 12.5. The third-order valence-electron chi connectivity index (χ3n) is 2.89. The van der Waals surface area contributed by atoms with Crippen molar-refractivity contribution in [3.8, 4) is 5.75 Å². The molecule has 0 aliphatic rings. The summed E-state index contributed by atoms with van der Waals surface area (Å²) >= 11 is 0. The van der Waals surface area contributed by atoms with Gasteiger partial charge in [0, 0.05) is 18.7 Å². The quantitative estimate of drug-likeness (QED) is 0.245. The van der Waals surface area contributed by atoms with Crippen molar-refractivity contribution < 1.29 is 14.4 Å². The van der Waals surface area contributed by atoms with Gasteiger partial charge in [-0.25, -0.2) is 4.99 Å². The minimum atomic E-state index is -0.440. The Bertz CT molecular complexity index is 633. The van der Waals surface area contributed by atoms with Gasteiger partial charge in [0.2, 0.25) is 0 Å². The highest BCUT2D eigenvalue weighted by Crippen LogP contribution is 2.29. The fourth-order valence-corrected chi connectivity index (χ4v) is 1.89. The lowest BCUT2D eigenvalue weighted by Crippen LogP contribution is -2.06. The lowest BCUT2D eigenvalue weighted by Gasteiger charge is -2.11. The molecule has 1 aromatic rings. The maximum absolute atomic E-state index is 11.2. The third-order valence-corrected chi connectivity index (χ3v) is 2.89. The second kappa shape index (κ2) is 9.40. The smallest absolute Gasteiger partial charge is 0.279 e. The van der Waals surface area contributed by atoms with Crippen molar-refractivity contribution in [2.75, 3.05) is 6.61 Å². The summed E-state index contributed by atoms with van der Waals surface area (Å²) in [6, 6.07) is 4.72. The van der Waals surface area contributed by atoms with Gasteiger partial charge >= 0.3 is 0 Å². The first-order chi connectivity index (χ1) is 11.0. The second-order valence-electron chi connectivity index (χ2n) is 4.70. The lowest BCUT2D eigenvalue weighted by molar-refractivity contribution is -0.385. The fourth-order valence-electron chi connectivity index (χ4n) is 1.89. The molecule has 0 saturated carbocycles. The minimum absolute atomic E-state index is 0.0232. The summed E-state index contributed by atoms with van der Waals surface area (Å²) in [5.74, 6) is 0.888. The van der Waals surface area contributed by atoms with Gasteiger partial charge in [0.15, 0.2) is 5.90 Å². The van der Waals surface area contributed by atoms with Crippen molar-refractivity contribution >= 4 is 11.6 Å². The molecule has 6 nitrogen and oxygen atoms in total. The van der Waals surface area contributed by atoms with E-state index in [1.165, 1.54) is 6.07 Å². The average molecular weight is 318 g/mol. The Morgan fingerprint density at radius 1 is 1.39 bits per heavy atom. The van der Waals surface area contributed by atoms with Gasteiger partial charge in [0.25, 0.3) is 5.69 Å². The zero-order valence-electron chi connectivity index (χ0n) is 13.9. The Labute approximate surface area is 136 Å². The van der Waals surface area contributed by atoms with Crippen LogP contribution in [0.25, 0.3) is 0 Å². The van der Waals surface area contributed by atoms with Crippen molar-refractivity contribution in [2.45, 2.75) is 34.3 Å². The van der Waals surface area contributed by atoms with Crippen molar-refractivity contribution in [3.63, 3.8) is 0 Å². The number of benzene rings is 1. The molecule has 23 heavy (non-hydrogen) atoms. The largest absolute Gasteiger partial charge is 0.493 e. The summed E-state index contributed by atoms with van der Waals surface area (Å²) in [5.41, 5.74) is 1.17. The third kappa shape index (κ3) is 5.94. The number of hydrogen-bond acceptors (Lipinski definition) is 5. The highest BCUT2D eigenvalue weighted by molar-refractivity contribution is 5.74. The highest BCUT2D eigenvalue weighted by atomic mass is 16.6. The van der Waals surface area contributed by atoms with Crippen LogP contribution in [0.2, 0.25) is 0 Å². The average Bonchev–Trinajstić information content (AvgIpc) is 2.51. The molecule has 1 rings (SSSR count). The molecule has 1 aromatic carbocycles. The fraction of sp³-hybridized carbons (Fsp3) is 0.353. The van der Waals surface area contributed by atoms with E-state index < -0.39 is 4.92 Å². The number of hydrogen-bond donors (Lipinski definition) is 0. The summed E-state index contributed by atoms with van der Waals surface area (Å²) in [7, 11) is 0. The number of nitrogens with zero attached hydrogens (tertiary/aromatic N) is 2. The molecule has 0 aromatic heterocycles. The van der Waals surface area contributed by atoms with Crippen LogP contribution in [0.15, 0.2) is 47.1 Å². The molecule has 0 radical (unpaired) electrons. The number of nitro benzene ring substituents is 1. The number of nitro groups is 1. The van der Waals surface area contributed by atoms with E-state index in [4.69, 9.17) is 9.47 Å². The highest BCUT2D eigenvalue weighted by Gasteiger charge is 2.19.